The van der Waals surface area contributed by atoms with Crippen LogP contribution >= 0.6 is 0 Å². The predicted octanol–water partition coefficient (Wildman–Crippen LogP) is 5.02. The summed E-state index contributed by atoms with van der Waals surface area (Å²) >= 11 is 0. The Hall–Kier alpha value is -4.12. The normalized spacial score (nSPS) is 11.9. The molecule has 0 saturated heterocycles. The van der Waals surface area contributed by atoms with Crippen LogP contribution in [0.5, 0.6) is 11.5 Å². The van der Waals surface area contributed by atoms with Gasteiger partial charge in [-0.2, -0.15) is 0 Å². The van der Waals surface area contributed by atoms with Crippen LogP contribution in [-0.2, 0) is 0 Å². The van der Waals surface area contributed by atoms with E-state index >= 15 is 0 Å². The number of nitrogens with two attached hydrogens (primary N) is 1. The minimum absolute atomic E-state index is 0.196. The van der Waals surface area contributed by atoms with Crippen LogP contribution in [0.3, 0.4) is 0 Å². The molecule has 2 heterocycles. The Bertz CT molecular complexity index is 1530. The minimum atomic E-state index is 0.196. The number of phenolic OH excluding ortho intramolecular Hbond substituents is 2. The molecular weight excluding hydrogens is 362 g/mol. The average molecular weight is 379 g/mol. The molecule has 6 aromatic rings. The molecule has 0 fully saturated rings. The van der Waals surface area contributed by atoms with Crippen LogP contribution in [0.15, 0.2) is 78.9 Å². The van der Waals surface area contributed by atoms with E-state index in [9.17, 15) is 10.2 Å². The zero-order valence-electron chi connectivity index (χ0n) is 15.4. The van der Waals surface area contributed by atoms with Crippen molar-refractivity contribution in [3.63, 3.8) is 0 Å². The Labute approximate surface area is 165 Å². The zero-order valence-corrected chi connectivity index (χ0v) is 15.4. The van der Waals surface area contributed by atoms with Crippen molar-refractivity contribution in [2.45, 2.75) is 0 Å². The number of nitrogen functional groups attached to an aromatic ring is 1. The van der Waals surface area contributed by atoms with Crippen LogP contribution in [0.2, 0.25) is 0 Å². The maximum atomic E-state index is 10.0. The summed E-state index contributed by atoms with van der Waals surface area (Å²) in [6, 6.07) is 24.9. The van der Waals surface area contributed by atoms with Gasteiger partial charge in [0.25, 0.3) is 0 Å². The van der Waals surface area contributed by atoms with Crippen LogP contribution in [0.1, 0.15) is 0 Å². The molecule has 0 spiro atoms. The van der Waals surface area contributed by atoms with Crippen molar-refractivity contribution in [2.24, 2.45) is 0 Å². The highest BCUT2D eigenvalue weighted by Crippen LogP contribution is 2.37. The Kier molecular flexibility index (Phi) is 2.99. The monoisotopic (exact) mass is 379 g/mol. The third-order valence-electron chi connectivity index (χ3n) is 5.68. The first-order chi connectivity index (χ1) is 14.1. The number of rotatable bonds is 1. The van der Waals surface area contributed by atoms with Gasteiger partial charge in [-0.1, -0.05) is 18.2 Å². The van der Waals surface area contributed by atoms with Crippen molar-refractivity contribution in [1.82, 2.24) is 9.24 Å². The summed E-state index contributed by atoms with van der Waals surface area (Å²) in [6.07, 6.45) is 0. The van der Waals surface area contributed by atoms with Crippen molar-refractivity contribution in [1.29, 1.82) is 0 Å². The predicted molar refractivity (Wildman–Crippen MR) is 117 cm³/mol. The van der Waals surface area contributed by atoms with Gasteiger partial charge in [0.05, 0.1) is 22.1 Å². The summed E-state index contributed by atoms with van der Waals surface area (Å²) in [7, 11) is 0. The molecule has 2 aromatic heterocycles. The topological polar surface area (TPSA) is 76.3 Å². The van der Waals surface area contributed by atoms with Gasteiger partial charge in [-0.05, 0) is 60.7 Å². The molecule has 5 heteroatoms. The molecular formula is C24H17N3O2. The van der Waals surface area contributed by atoms with E-state index in [0.717, 1.165) is 49.3 Å². The fourth-order valence-corrected chi connectivity index (χ4v) is 4.41. The van der Waals surface area contributed by atoms with Gasteiger partial charge in [-0.25, -0.2) is 0 Å². The number of benzene rings is 4. The summed E-state index contributed by atoms with van der Waals surface area (Å²) in [6.45, 7) is 0. The summed E-state index contributed by atoms with van der Waals surface area (Å²) in [5.74, 6) is 6.70. The summed E-state index contributed by atoms with van der Waals surface area (Å²) in [4.78, 5) is 0. The lowest BCUT2D eigenvalue weighted by molar-refractivity contribution is 0.475. The summed E-state index contributed by atoms with van der Waals surface area (Å²) in [5, 5.41) is 24.0. The lowest BCUT2D eigenvalue weighted by atomic mass is 10.1. The van der Waals surface area contributed by atoms with Crippen molar-refractivity contribution in [3.05, 3.63) is 78.9 Å². The summed E-state index contributed by atoms with van der Waals surface area (Å²) < 4.78 is 3.86. The molecule has 0 saturated carbocycles. The lowest BCUT2D eigenvalue weighted by Crippen LogP contribution is -2.06. The van der Waals surface area contributed by atoms with Gasteiger partial charge in [0.15, 0.2) is 0 Å². The molecule has 0 unspecified atom stereocenters. The quantitative estimate of drug-likeness (QED) is 0.351. The number of nitrogens with zero attached hydrogens (tertiary/aromatic N) is 2. The second-order valence-corrected chi connectivity index (χ2v) is 7.33. The molecule has 0 aliphatic carbocycles. The summed E-state index contributed by atoms with van der Waals surface area (Å²) in [5.41, 5.74) is 4.85. The van der Waals surface area contributed by atoms with E-state index in [1.54, 1.807) is 28.9 Å². The maximum absolute atomic E-state index is 10.0. The van der Waals surface area contributed by atoms with Crippen molar-refractivity contribution in [2.75, 3.05) is 5.84 Å². The minimum Gasteiger partial charge on any atom is -0.508 e. The van der Waals surface area contributed by atoms with Gasteiger partial charge >= 0.3 is 0 Å². The van der Waals surface area contributed by atoms with E-state index in [1.165, 1.54) is 0 Å². The second-order valence-electron chi connectivity index (χ2n) is 7.33. The number of para-hydroxylation sites is 1. The van der Waals surface area contributed by atoms with E-state index in [-0.39, 0.29) is 11.5 Å². The number of aromatic hydroxyl groups is 2. The van der Waals surface area contributed by atoms with E-state index in [1.807, 2.05) is 42.5 Å². The van der Waals surface area contributed by atoms with Gasteiger partial charge in [-0.15, -0.1) is 0 Å². The first-order valence-corrected chi connectivity index (χ1v) is 9.36. The fraction of sp³-hybridized carbons (Fsp3) is 0. The average Bonchev–Trinajstić information content (AvgIpc) is 3.20. The molecule has 0 amide bonds. The van der Waals surface area contributed by atoms with Crippen LogP contribution in [0.4, 0.5) is 0 Å². The molecule has 0 aliphatic rings. The molecule has 5 nitrogen and oxygen atoms in total. The number of aromatic nitrogens is 2. The Morgan fingerprint density at radius 1 is 0.552 bits per heavy atom. The Morgan fingerprint density at radius 3 is 1.79 bits per heavy atom. The third kappa shape index (κ3) is 2.09. The van der Waals surface area contributed by atoms with Crippen LogP contribution in [-0.4, -0.2) is 19.5 Å². The van der Waals surface area contributed by atoms with E-state index in [4.69, 9.17) is 5.84 Å². The Morgan fingerprint density at radius 2 is 1.10 bits per heavy atom. The highest BCUT2D eigenvalue weighted by Gasteiger charge is 2.15. The third-order valence-corrected chi connectivity index (χ3v) is 5.68. The van der Waals surface area contributed by atoms with E-state index in [2.05, 4.69) is 16.7 Å². The van der Waals surface area contributed by atoms with Gasteiger partial charge in [0.2, 0.25) is 0 Å². The number of hydrogen-bond donors (Lipinski definition) is 3. The van der Waals surface area contributed by atoms with Gasteiger partial charge in [-0.3, -0.25) is 4.68 Å². The molecule has 0 atom stereocenters. The number of fused-ring (bicyclic) bond motifs is 6. The largest absolute Gasteiger partial charge is 0.508 e. The van der Waals surface area contributed by atoms with Crippen LogP contribution in [0, 0.1) is 0 Å². The van der Waals surface area contributed by atoms with Crippen molar-refractivity contribution in [3.8, 4) is 17.2 Å². The van der Waals surface area contributed by atoms with Crippen LogP contribution < -0.4 is 5.84 Å². The standard InChI is InChI=1S/C24H17N3O2/c25-27-23-4-2-1-3-17(23)18-11-14(5-8-24(18)27)26-21-9-6-15(28)12-19(21)20-13-16(29)7-10-22(20)26/h1-13,28-29H,25H2. The first kappa shape index (κ1) is 15.9. The molecule has 4 aromatic carbocycles. The fourth-order valence-electron chi connectivity index (χ4n) is 4.41. The lowest BCUT2D eigenvalue weighted by Gasteiger charge is -2.09. The van der Waals surface area contributed by atoms with Crippen molar-refractivity contribution >= 4 is 43.6 Å². The Balaban J connectivity index is 1.75. The van der Waals surface area contributed by atoms with Gasteiger partial charge in [0.1, 0.15) is 11.5 Å². The number of hydrogen-bond acceptors (Lipinski definition) is 3. The molecule has 0 bridgehead atoms. The molecule has 0 aliphatic heterocycles. The molecule has 4 N–H and O–H groups in total. The molecule has 6 rings (SSSR count). The highest BCUT2D eigenvalue weighted by atomic mass is 16.3. The first-order valence-electron chi connectivity index (χ1n) is 9.36. The van der Waals surface area contributed by atoms with Crippen molar-refractivity contribution < 1.29 is 10.2 Å². The van der Waals surface area contributed by atoms with Gasteiger partial charge in [0, 0.05) is 27.2 Å². The van der Waals surface area contributed by atoms with E-state index in [0.29, 0.717) is 0 Å². The number of phenols is 2. The maximum Gasteiger partial charge on any atom is 0.116 e. The smallest absolute Gasteiger partial charge is 0.116 e. The SMILES string of the molecule is Nn1c2ccccc2c2cc(-n3c4ccc(O)cc4c4cc(O)ccc43)ccc21. The van der Waals surface area contributed by atoms with Gasteiger partial charge < -0.3 is 20.6 Å². The molecule has 29 heavy (non-hydrogen) atoms. The van der Waals surface area contributed by atoms with E-state index < -0.39 is 0 Å². The molecule has 140 valence electrons. The second kappa shape index (κ2) is 5.45. The molecule has 0 radical (unpaired) electrons. The van der Waals surface area contributed by atoms with Crippen LogP contribution in [0.25, 0.3) is 49.3 Å². The highest BCUT2D eigenvalue weighted by molar-refractivity contribution is 6.12. The zero-order chi connectivity index (χ0) is 19.7.